The van der Waals surface area contributed by atoms with Gasteiger partial charge >= 0.3 is 0 Å². The standard InChI is InChI=1S/C19H25N3O3/c1-13(2)10-21-11-15(9-20-21)19(24)22-12-16(23)8-18(22)14-5-4-6-17(7-14)25-3/h4-7,9,11,13,16,18,23H,8,10,12H2,1-3H3/t16-,18+/m0/s1. The molecule has 1 aliphatic heterocycles. The van der Waals surface area contributed by atoms with Crippen LogP contribution in [-0.2, 0) is 6.54 Å². The van der Waals surface area contributed by atoms with Gasteiger partial charge in [-0.2, -0.15) is 5.10 Å². The van der Waals surface area contributed by atoms with Gasteiger partial charge in [0.2, 0.25) is 0 Å². The summed E-state index contributed by atoms with van der Waals surface area (Å²) >= 11 is 0. The number of benzene rings is 1. The largest absolute Gasteiger partial charge is 0.497 e. The molecule has 6 heteroatoms. The van der Waals surface area contributed by atoms with Crippen molar-refractivity contribution in [1.29, 1.82) is 0 Å². The Morgan fingerprint density at radius 2 is 2.24 bits per heavy atom. The number of aromatic nitrogens is 2. The fourth-order valence-corrected chi connectivity index (χ4v) is 3.32. The van der Waals surface area contributed by atoms with E-state index in [1.807, 2.05) is 24.3 Å². The molecule has 0 aliphatic carbocycles. The Bertz CT molecular complexity index is 741. The number of aliphatic hydroxyl groups is 1. The average molecular weight is 343 g/mol. The lowest BCUT2D eigenvalue weighted by Crippen LogP contribution is -2.31. The molecule has 0 radical (unpaired) electrons. The van der Waals surface area contributed by atoms with Crippen LogP contribution in [0, 0.1) is 5.92 Å². The number of hydrogen-bond donors (Lipinski definition) is 1. The Morgan fingerprint density at radius 3 is 2.96 bits per heavy atom. The van der Waals surface area contributed by atoms with E-state index in [0.717, 1.165) is 17.9 Å². The zero-order chi connectivity index (χ0) is 18.0. The number of rotatable bonds is 5. The molecule has 1 N–H and O–H groups in total. The van der Waals surface area contributed by atoms with Crippen molar-refractivity contribution >= 4 is 5.91 Å². The SMILES string of the molecule is COc1cccc([C@H]2C[C@H](O)CN2C(=O)c2cnn(CC(C)C)c2)c1. The number of aliphatic hydroxyl groups excluding tert-OH is 1. The molecule has 1 fully saturated rings. The molecule has 0 unspecified atom stereocenters. The van der Waals surface area contributed by atoms with Crippen molar-refractivity contribution in [3.8, 4) is 5.75 Å². The molecule has 1 aromatic carbocycles. The maximum Gasteiger partial charge on any atom is 0.257 e. The summed E-state index contributed by atoms with van der Waals surface area (Å²) in [5.74, 6) is 1.11. The maximum absolute atomic E-state index is 13.0. The van der Waals surface area contributed by atoms with Gasteiger partial charge in [0.1, 0.15) is 5.75 Å². The quantitative estimate of drug-likeness (QED) is 0.906. The van der Waals surface area contributed by atoms with Crippen molar-refractivity contribution in [1.82, 2.24) is 14.7 Å². The van der Waals surface area contributed by atoms with Crippen LogP contribution in [0.1, 0.15) is 42.2 Å². The van der Waals surface area contributed by atoms with Gasteiger partial charge in [0.05, 0.1) is 31.0 Å². The van der Waals surface area contributed by atoms with Gasteiger partial charge in [-0.05, 0) is 30.0 Å². The normalized spacial score (nSPS) is 20.3. The molecule has 0 bridgehead atoms. The van der Waals surface area contributed by atoms with E-state index in [-0.39, 0.29) is 11.9 Å². The molecule has 25 heavy (non-hydrogen) atoms. The van der Waals surface area contributed by atoms with Crippen LogP contribution in [0.4, 0.5) is 0 Å². The van der Waals surface area contributed by atoms with Gasteiger partial charge < -0.3 is 14.7 Å². The van der Waals surface area contributed by atoms with E-state index < -0.39 is 6.10 Å². The first kappa shape index (κ1) is 17.5. The zero-order valence-electron chi connectivity index (χ0n) is 14.9. The molecular weight excluding hydrogens is 318 g/mol. The van der Waals surface area contributed by atoms with E-state index >= 15 is 0 Å². The van der Waals surface area contributed by atoms with Gasteiger partial charge in [0, 0.05) is 19.3 Å². The molecule has 134 valence electrons. The first-order valence-corrected chi connectivity index (χ1v) is 8.63. The monoisotopic (exact) mass is 343 g/mol. The highest BCUT2D eigenvalue weighted by Crippen LogP contribution is 2.34. The fourth-order valence-electron chi connectivity index (χ4n) is 3.32. The number of carbonyl (C=O) groups is 1. The van der Waals surface area contributed by atoms with Gasteiger partial charge in [-0.3, -0.25) is 9.48 Å². The van der Waals surface area contributed by atoms with E-state index in [0.29, 0.717) is 24.4 Å². The lowest BCUT2D eigenvalue weighted by Gasteiger charge is -2.24. The maximum atomic E-state index is 13.0. The van der Waals surface area contributed by atoms with Crippen LogP contribution in [0.2, 0.25) is 0 Å². The summed E-state index contributed by atoms with van der Waals surface area (Å²) in [6, 6.07) is 7.50. The highest BCUT2D eigenvalue weighted by atomic mass is 16.5. The number of hydrogen-bond acceptors (Lipinski definition) is 4. The molecule has 2 heterocycles. The van der Waals surface area contributed by atoms with Crippen molar-refractivity contribution in [2.45, 2.75) is 39.0 Å². The third-order valence-corrected chi connectivity index (χ3v) is 4.45. The van der Waals surface area contributed by atoms with Crippen molar-refractivity contribution < 1.29 is 14.6 Å². The van der Waals surface area contributed by atoms with Gasteiger partial charge in [-0.25, -0.2) is 0 Å². The minimum Gasteiger partial charge on any atom is -0.497 e. The summed E-state index contributed by atoms with van der Waals surface area (Å²) in [4.78, 5) is 14.7. The van der Waals surface area contributed by atoms with Crippen molar-refractivity contribution in [2.75, 3.05) is 13.7 Å². The van der Waals surface area contributed by atoms with E-state index in [2.05, 4.69) is 18.9 Å². The number of nitrogens with zero attached hydrogens (tertiary/aromatic N) is 3. The third kappa shape index (κ3) is 3.85. The lowest BCUT2D eigenvalue weighted by molar-refractivity contribution is 0.0715. The number of carbonyl (C=O) groups excluding carboxylic acids is 1. The molecular formula is C19H25N3O3. The molecule has 6 nitrogen and oxygen atoms in total. The van der Waals surface area contributed by atoms with E-state index in [4.69, 9.17) is 4.74 Å². The smallest absolute Gasteiger partial charge is 0.257 e. The first-order valence-electron chi connectivity index (χ1n) is 8.63. The number of likely N-dealkylation sites (tertiary alicyclic amines) is 1. The molecule has 2 aromatic rings. The number of ether oxygens (including phenoxy) is 1. The summed E-state index contributed by atoms with van der Waals surface area (Å²) in [5.41, 5.74) is 1.53. The molecule has 3 rings (SSSR count). The molecule has 2 atom stereocenters. The predicted molar refractivity (Wildman–Crippen MR) is 94.5 cm³/mol. The van der Waals surface area contributed by atoms with Gasteiger partial charge in [-0.1, -0.05) is 26.0 Å². The number of β-amino-alcohol motifs (C(OH)–C–C–N with tert-alkyl or cyclic N) is 1. The predicted octanol–water partition coefficient (Wildman–Crippen LogP) is 2.50. The van der Waals surface area contributed by atoms with Gasteiger partial charge in [-0.15, -0.1) is 0 Å². The zero-order valence-corrected chi connectivity index (χ0v) is 14.9. The Hall–Kier alpha value is -2.34. The summed E-state index contributed by atoms with van der Waals surface area (Å²) in [5, 5.41) is 14.4. The molecule has 0 spiro atoms. The Kier molecular flexibility index (Phi) is 5.08. The van der Waals surface area contributed by atoms with E-state index in [9.17, 15) is 9.90 Å². The van der Waals surface area contributed by atoms with E-state index in [1.165, 1.54) is 0 Å². The summed E-state index contributed by atoms with van der Waals surface area (Å²) in [6.45, 7) is 5.32. The van der Waals surface area contributed by atoms with Crippen molar-refractivity contribution in [3.05, 3.63) is 47.8 Å². The lowest BCUT2D eigenvalue weighted by atomic mass is 10.0. The van der Waals surface area contributed by atoms with Crippen molar-refractivity contribution in [3.63, 3.8) is 0 Å². The molecule has 1 aromatic heterocycles. The van der Waals surface area contributed by atoms with E-state index in [1.54, 1.807) is 29.1 Å². The van der Waals surface area contributed by atoms with Crippen LogP contribution in [0.3, 0.4) is 0 Å². The molecule has 1 saturated heterocycles. The number of amides is 1. The minimum absolute atomic E-state index is 0.0978. The summed E-state index contributed by atoms with van der Waals surface area (Å²) < 4.78 is 7.08. The Morgan fingerprint density at radius 1 is 1.44 bits per heavy atom. The molecule has 1 amide bonds. The van der Waals surface area contributed by atoms with Crippen molar-refractivity contribution in [2.24, 2.45) is 5.92 Å². The molecule has 0 saturated carbocycles. The average Bonchev–Trinajstić information content (AvgIpc) is 3.20. The van der Waals surface area contributed by atoms with Gasteiger partial charge in [0.25, 0.3) is 5.91 Å². The topological polar surface area (TPSA) is 67.6 Å². The van der Waals surface area contributed by atoms with Crippen LogP contribution in [-0.4, -0.2) is 45.5 Å². The molecule has 1 aliphatic rings. The minimum atomic E-state index is -0.522. The summed E-state index contributed by atoms with van der Waals surface area (Å²) in [7, 11) is 1.62. The summed E-state index contributed by atoms with van der Waals surface area (Å²) in [6.07, 6.45) is 3.40. The Labute approximate surface area is 148 Å². The van der Waals surface area contributed by atoms with Crippen LogP contribution in [0.5, 0.6) is 5.75 Å². The van der Waals surface area contributed by atoms with Crippen LogP contribution in [0.15, 0.2) is 36.7 Å². The second kappa shape index (κ2) is 7.27. The first-order chi connectivity index (χ1) is 12.0. The van der Waals surface area contributed by atoms with Gasteiger partial charge in [0.15, 0.2) is 0 Å². The van der Waals surface area contributed by atoms with Crippen LogP contribution >= 0.6 is 0 Å². The second-order valence-corrected chi connectivity index (χ2v) is 6.98. The fraction of sp³-hybridized carbons (Fsp3) is 0.474. The van der Waals surface area contributed by atoms with Crippen LogP contribution in [0.25, 0.3) is 0 Å². The third-order valence-electron chi connectivity index (χ3n) is 4.45. The Balaban J connectivity index is 1.83. The van der Waals surface area contributed by atoms with Crippen LogP contribution < -0.4 is 4.74 Å². The highest BCUT2D eigenvalue weighted by molar-refractivity contribution is 5.94. The highest BCUT2D eigenvalue weighted by Gasteiger charge is 2.36. The number of methoxy groups -OCH3 is 1. The second-order valence-electron chi connectivity index (χ2n) is 6.98.